The number of rotatable bonds is 3. The summed E-state index contributed by atoms with van der Waals surface area (Å²) in [6.45, 7) is 6.09. The first-order chi connectivity index (χ1) is 10.8. The summed E-state index contributed by atoms with van der Waals surface area (Å²) in [4.78, 5) is 10.5. The van der Waals surface area contributed by atoms with Gasteiger partial charge in [-0.05, 0) is 55.8 Å². The van der Waals surface area contributed by atoms with E-state index in [2.05, 4.69) is 5.32 Å². The van der Waals surface area contributed by atoms with Crippen LogP contribution < -0.4 is 5.32 Å². The number of nitrogens with one attached hydrogen (secondary N) is 1. The maximum absolute atomic E-state index is 13.0. The highest BCUT2D eigenvalue weighted by Crippen LogP contribution is 2.40. The molecule has 2 aliphatic rings. The van der Waals surface area contributed by atoms with Crippen molar-refractivity contribution in [2.45, 2.75) is 31.6 Å². The van der Waals surface area contributed by atoms with Crippen LogP contribution in [0.4, 0.5) is 5.69 Å². The van der Waals surface area contributed by atoms with Crippen molar-refractivity contribution in [3.8, 4) is 0 Å². The van der Waals surface area contributed by atoms with Crippen LogP contribution in [0.5, 0.6) is 0 Å². The van der Waals surface area contributed by atoms with Crippen LogP contribution in [-0.4, -0.2) is 43.8 Å². The van der Waals surface area contributed by atoms with Gasteiger partial charge in [0.15, 0.2) is 4.90 Å². The summed E-state index contributed by atoms with van der Waals surface area (Å²) in [6, 6.07) is 2.78. The van der Waals surface area contributed by atoms with Crippen molar-refractivity contribution in [3.05, 3.63) is 33.4 Å². The minimum absolute atomic E-state index is 0. The number of nitro groups is 1. The fraction of sp³-hybridized carbons (Fsp3) is 0.600. The lowest BCUT2D eigenvalue weighted by atomic mass is 9.87. The largest absolute Gasteiger partial charge is 0.316 e. The van der Waals surface area contributed by atoms with Crippen molar-refractivity contribution < 1.29 is 13.3 Å². The summed E-state index contributed by atoms with van der Waals surface area (Å²) in [6.07, 6.45) is 1.76. The van der Waals surface area contributed by atoms with E-state index < -0.39 is 14.9 Å². The number of halogens is 1. The zero-order chi connectivity index (χ0) is 16.8. The van der Waals surface area contributed by atoms with Gasteiger partial charge in [-0.3, -0.25) is 10.1 Å². The van der Waals surface area contributed by atoms with Crippen LogP contribution >= 0.6 is 12.4 Å². The Kier molecular flexibility index (Phi) is 5.25. The van der Waals surface area contributed by atoms with E-state index in [1.165, 1.54) is 16.4 Å². The molecule has 2 aliphatic heterocycles. The molecule has 2 fully saturated rings. The fourth-order valence-corrected chi connectivity index (χ4v) is 5.28. The summed E-state index contributed by atoms with van der Waals surface area (Å²) >= 11 is 0. The molecule has 7 nitrogen and oxygen atoms in total. The molecule has 2 saturated heterocycles. The Morgan fingerprint density at radius 3 is 2.50 bits per heavy atom. The van der Waals surface area contributed by atoms with Gasteiger partial charge in [-0.2, -0.15) is 4.31 Å². The third-order valence-electron chi connectivity index (χ3n) is 5.13. The molecule has 1 unspecified atom stereocenters. The highest BCUT2D eigenvalue weighted by atomic mass is 35.5. The minimum atomic E-state index is -3.85. The highest BCUT2D eigenvalue weighted by molar-refractivity contribution is 7.89. The van der Waals surface area contributed by atoms with E-state index in [9.17, 15) is 18.5 Å². The second kappa shape index (κ2) is 6.59. The molecule has 134 valence electrons. The van der Waals surface area contributed by atoms with Crippen LogP contribution in [0.2, 0.25) is 0 Å². The van der Waals surface area contributed by atoms with Crippen LogP contribution in [0.1, 0.15) is 24.0 Å². The van der Waals surface area contributed by atoms with Crippen LogP contribution in [0, 0.1) is 29.4 Å². The Balaban J connectivity index is 0.00000208. The first-order valence-corrected chi connectivity index (χ1v) is 9.16. The molecular formula is C15H22ClN3O4S. The van der Waals surface area contributed by atoms with Gasteiger partial charge in [0.25, 0.3) is 5.69 Å². The molecule has 0 saturated carbocycles. The third-order valence-corrected chi connectivity index (χ3v) is 7.00. The molecule has 24 heavy (non-hydrogen) atoms. The zero-order valence-corrected chi connectivity index (χ0v) is 15.4. The van der Waals surface area contributed by atoms with E-state index in [0.29, 0.717) is 18.7 Å². The monoisotopic (exact) mass is 375 g/mol. The molecule has 1 aromatic carbocycles. The van der Waals surface area contributed by atoms with E-state index in [-0.39, 0.29) is 28.4 Å². The molecule has 0 bridgehead atoms. The van der Waals surface area contributed by atoms with Crippen LogP contribution in [0.3, 0.4) is 0 Å². The summed E-state index contributed by atoms with van der Waals surface area (Å²) in [7, 11) is -3.85. The van der Waals surface area contributed by atoms with Gasteiger partial charge >= 0.3 is 0 Å². The summed E-state index contributed by atoms with van der Waals surface area (Å²) in [5.74, 6) is 0. The number of hydrogen-bond acceptors (Lipinski definition) is 5. The van der Waals surface area contributed by atoms with Gasteiger partial charge in [-0.1, -0.05) is 0 Å². The topological polar surface area (TPSA) is 92.5 Å². The first kappa shape index (κ1) is 19.1. The molecule has 3 rings (SSSR count). The van der Waals surface area contributed by atoms with Gasteiger partial charge < -0.3 is 5.32 Å². The zero-order valence-electron chi connectivity index (χ0n) is 13.7. The predicted octanol–water partition coefficient (Wildman–Crippen LogP) is 2.01. The molecule has 9 heteroatoms. The first-order valence-electron chi connectivity index (χ1n) is 7.72. The average Bonchev–Trinajstić information content (AvgIpc) is 3.12. The second-order valence-corrected chi connectivity index (χ2v) is 8.58. The molecule has 0 aromatic heterocycles. The molecule has 0 amide bonds. The van der Waals surface area contributed by atoms with Crippen LogP contribution in [0.15, 0.2) is 17.0 Å². The second-order valence-electron chi connectivity index (χ2n) is 6.68. The van der Waals surface area contributed by atoms with Crippen molar-refractivity contribution in [2.24, 2.45) is 5.41 Å². The normalized spacial score (nSPS) is 24.2. The number of aryl methyl sites for hydroxylation is 2. The van der Waals surface area contributed by atoms with Crippen LogP contribution in [0.25, 0.3) is 0 Å². The molecule has 2 heterocycles. The van der Waals surface area contributed by atoms with Gasteiger partial charge in [0, 0.05) is 25.7 Å². The third kappa shape index (κ3) is 3.15. The average molecular weight is 376 g/mol. The van der Waals surface area contributed by atoms with E-state index in [1.807, 2.05) is 0 Å². The Morgan fingerprint density at radius 2 is 1.92 bits per heavy atom. The van der Waals surface area contributed by atoms with Gasteiger partial charge in [-0.15, -0.1) is 12.4 Å². The van der Waals surface area contributed by atoms with E-state index in [4.69, 9.17) is 0 Å². The number of sulfonamides is 1. The predicted molar refractivity (Wildman–Crippen MR) is 93.1 cm³/mol. The molecule has 0 radical (unpaired) electrons. The summed E-state index contributed by atoms with van der Waals surface area (Å²) in [5, 5.41) is 14.6. The maximum Gasteiger partial charge on any atom is 0.289 e. The Bertz CT molecular complexity index is 760. The van der Waals surface area contributed by atoms with Gasteiger partial charge in [-0.25, -0.2) is 8.42 Å². The number of hydrogen-bond donors (Lipinski definition) is 1. The van der Waals surface area contributed by atoms with E-state index in [1.54, 1.807) is 13.8 Å². The fourth-order valence-electron chi connectivity index (χ4n) is 3.51. The van der Waals surface area contributed by atoms with Crippen molar-refractivity contribution >= 4 is 28.1 Å². The molecule has 0 aliphatic carbocycles. The lowest BCUT2D eigenvalue weighted by Crippen LogP contribution is -2.33. The van der Waals surface area contributed by atoms with Crippen LogP contribution in [-0.2, 0) is 10.0 Å². The number of nitro benzene ring substituents is 1. The number of benzene rings is 1. The van der Waals surface area contributed by atoms with Gasteiger partial charge in [0.2, 0.25) is 10.0 Å². The van der Waals surface area contributed by atoms with Gasteiger partial charge in [0.1, 0.15) is 0 Å². The molecule has 1 spiro atoms. The Morgan fingerprint density at radius 1 is 1.25 bits per heavy atom. The summed E-state index contributed by atoms with van der Waals surface area (Å²) in [5.41, 5.74) is 1.11. The van der Waals surface area contributed by atoms with Crippen molar-refractivity contribution in [3.63, 3.8) is 0 Å². The van der Waals surface area contributed by atoms with E-state index >= 15 is 0 Å². The Labute approximate surface area is 148 Å². The highest BCUT2D eigenvalue weighted by Gasteiger charge is 2.45. The molecule has 1 N–H and O–H groups in total. The van der Waals surface area contributed by atoms with Crippen molar-refractivity contribution in [2.75, 3.05) is 26.2 Å². The standard InChI is InChI=1S/C15H21N3O4S.ClH/c1-11-7-13(18(19)20)14(8-12(11)2)23(21,22)17-6-4-15(10-17)3-5-16-9-15;/h7-8,16H,3-6,9-10H2,1-2H3;1H. The van der Waals surface area contributed by atoms with Gasteiger partial charge in [0.05, 0.1) is 4.92 Å². The smallest absolute Gasteiger partial charge is 0.289 e. The van der Waals surface area contributed by atoms with Crippen molar-refractivity contribution in [1.82, 2.24) is 9.62 Å². The van der Waals surface area contributed by atoms with E-state index in [0.717, 1.165) is 31.5 Å². The number of nitrogens with zero attached hydrogens (tertiary/aromatic N) is 2. The Hall–Kier alpha value is -1.22. The SMILES string of the molecule is Cc1cc([N+](=O)[O-])c(S(=O)(=O)N2CCC3(CCNC3)C2)cc1C.Cl. The molecule has 1 aromatic rings. The molecule has 1 atom stereocenters. The maximum atomic E-state index is 13.0. The summed E-state index contributed by atoms with van der Waals surface area (Å²) < 4.78 is 27.3. The lowest BCUT2D eigenvalue weighted by molar-refractivity contribution is -0.387. The van der Waals surface area contributed by atoms with Crippen molar-refractivity contribution in [1.29, 1.82) is 0 Å². The minimum Gasteiger partial charge on any atom is -0.316 e. The lowest BCUT2D eigenvalue weighted by Gasteiger charge is -2.22. The quantitative estimate of drug-likeness (QED) is 0.644. The molecular weight excluding hydrogens is 354 g/mol.